The van der Waals surface area contributed by atoms with Crippen molar-refractivity contribution in [3.05, 3.63) is 63.9 Å². The summed E-state index contributed by atoms with van der Waals surface area (Å²) in [4.78, 5) is 71.3. The van der Waals surface area contributed by atoms with E-state index in [2.05, 4.69) is 10.3 Å². The van der Waals surface area contributed by atoms with Crippen LogP contribution in [0.2, 0.25) is 0 Å². The van der Waals surface area contributed by atoms with Gasteiger partial charge in [0, 0.05) is 26.2 Å². The van der Waals surface area contributed by atoms with Crippen LogP contribution >= 0.6 is 0 Å². The molecule has 210 valence electrons. The molecule has 2 aliphatic heterocycles. The molecule has 5 rings (SSSR count). The van der Waals surface area contributed by atoms with Gasteiger partial charge < -0.3 is 14.6 Å². The molecule has 0 saturated carbocycles. The number of halogens is 1. The van der Waals surface area contributed by atoms with Crippen LogP contribution in [0.1, 0.15) is 42.6 Å². The number of imide groups is 1. The predicted octanol–water partition coefficient (Wildman–Crippen LogP) is 2.78. The number of fused-ring (bicyclic) bond motifs is 1. The van der Waals surface area contributed by atoms with Gasteiger partial charge in [0.1, 0.15) is 17.4 Å². The van der Waals surface area contributed by atoms with Crippen molar-refractivity contribution >= 4 is 40.5 Å². The Labute approximate surface area is 228 Å². The number of nitrogens with zero attached hydrogens (tertiary/aromatic N) is 3. The number of oxazole rings is 1. The highest BCUT2D eigenvalue weighted by molar-refractivity contribution is 6.17. The number of rotatable bonds is 5. The van der Waals surface area contributed by atoms with Gasteiger partial charge in [-0.1, -0.05) is 25.5 Å². The molecule has 12 heteroatoms. The first-order valence-corrected chi connectivity index (χ1v) is 13.0. The third kappa shape index (κ3) is 4.42. The highest BCUT2D eigenvalue weighted by Gasteiger charge is 2.58. The molecule has 0 radical (unpaired) electrons. The summed E-state index contributed by atoms with van der Waals surface area (Å²) in [5, 5.41) is 2.69. The number of hydrogen-bond acceptors (Lipinski definition) is 6. The number of aryl methyl sites for hydroxylation is 1. The van der Waals surface area contributed by atoms with Crippen LogP contribution in [-0.2, 0) is 9.59 Å². The second-order valence-corrected chi connectivity index (χ2v) is 10.7. The maximum absolute atomic E-state index is 14.3. The summed E-state index contributed by atoms with van der Waals surface area (Å²) in [6.07, 6.45) is 0.322. The minimum Gasteiger partial charge on any atom is -0.408 e. The fraction of sp³-hybridized carbons (Fsp3) is 0.393. The van der Waals surface area contributed by atoms with E-state index < -0.39 is 35.1 Å². The lowest BCUT2D eigenvalue weighted by Crippen LogP contribution is -2.60. The molecule has 2 saturated heterocycles. The number of anilines is 1. The molecule has 3 heterocycles. The minimum absolute atomic E-state index is 0.139. The molecule has 0 bridgehead atoms. The maximum Gasteiger partial charge on any atom is 0.417 e. The quantitative estimate of drug-likeness (QED) is 0.468. The van der Waals surface area contributed by atoms with Gasteiger partial charge in [0.25, 0.3) is 11.8 Å². The number of hydrogen-bond donors (Lipinski definition) is 2. The molecule has 1 atom stereocenters. The highest BCUT2D eigenvalue weighted by Crippen LogP contribution is 2.41. The number of nitrogens with one attached hydrogen (secondary N) is 2. The third-order valence-corrected chi connectivity index (χ3v) is 7.76. The number of amides is 5. The van der Waals surface area contributed by atoms with Crippen molar-refractivity contribution in [2.24, 2.45) is 5.92 Å². The summed E-state index contributed by atoms with van der Waals surface area (Å²) in [5.41, 5.74) is 0.449. The predicted molar refractivity (Wildman–Crippen MR) is 143 cm³/mol. The number of H-pyrrole nitrogens is 1. The van der Waals surface area contributed by atoms with E-state index in [-0.39, 0.29) is 54.8 Å². The number of carbonyl (C=O) groups is 4. The van der Waals surface area contributed by atoms with E-state index in [9.17, 15) is 28.4 Å². The summed E-state index contributed by atoms with van der Waals surface area (Å²) in [5.74, 6) is -3.02. The number of piperidine rings is 1. The number of benzene rings is 2. The maximum atomic E-state index is 14.3. The summed E-state index contributed by atoms with van der Waals surface area (Å²) in [6, 6.07) is 7.53. The fourth-order valence-electron chi connectivity index (χ4n) is 5.54. The Balaban J connectivity index is 1.37. The van der Waals surface area contributed by atoms with Gasteiger partial charge in [-0.05, 0) is 49.9 Å². The van der Waals surface area contributed by atoms with Crippen molar-refractivity contribution in [2.45, 2.75) is 45.2 Å². The largest absolute Gasteiger partial charge is 0.417 e. The van der Waals surface area contributed by atoms with Crippen LogP contribution in [0.4, 0.5) is 14.9 Å². The van der Waals surface area contributed by atoms with Gasteiger partial charge in [0.15, 0.2) is 5.58 Å². The Morgan fingerprint density at radius 1 is 1.07 bits per heavy atom. The van der Waals surface area contributed by atoms with E-state index >= 15 is 0 Å². The molecule has 2 N–H and O–H groups in total. The molecule has 1 spiro atoms. The highest BCUT2D eigenvalue weighted by atomic mass is 19.1. The summed E-state index contributed by atoms with van der Waals surface area (Å²) in [7, 11) is 1.41. The number of carbonyl (C=O) groups excluding carboxylic acids is 4. The fourth-order valence-corrected chi connectivity index (χ4v) is 5.54. The SMILES string of the molecule is Cc1ccc(F)c(C(=O)N[C@@H](C(=O)N2CCC3(CC2)C(=O)N(C)C(=O)N3c2ccc3[nH]c(=O)oc3c2)C(C)C)c1. The molecule has 2 aliphatic rings. The summed E-state index contributed by atoms with van der Waals surface area (Å²) in [6.45, 7) is 5.62. The normalized spacial score (nSPS) is 17.8. The zero-order chi connectivity index (χ0) is 28.9. The monoisotopic (exact) mass is 551 g/mol. The number of likely N-dealkylation sites (tertiary alicyclic amines) is 1. The van der Waals surface area contributed by atoms with Crippen molar-refractivity contribution in [1.29, 1.82) is 0 Å². The topological polar surface area (TPSA) is 136 Å². The van der Waals surface area contributed by atoms with Crippen LogP contribution in [0, 0.1) is 18.7 Å². The van der Waals surface area contributed by atoms with Crippen LogP contribution in [0.3, 0.4) is 0 Å². The van der Waals surface area contributed by atoms with Crippen LogP contribution in [-0.4, -0.2) is 70.3 Å². The van der Waals surface area contributed by atoms with Gasteiger partial charge in [-0.2, -0.15) is 0 Å². The lowest BCUT2D eigenvalue weighted by molar-refractivity contribution is -0.139. The van der Waals surface area contributed by atoms with Crippen molar-refractivity contribution in [3.8, 4) is 0 Å². The van der Waals surface area contributed by atoms with E-state index in [4.69, 9.17) is 4.42 Å². The number of likely N-dealkylation sites (N-methyl/N-ethyl adjacent to an activating group) is 1. The third-order valence-electron chi connectivity index (χ3n) is 7.76. The summed E-state index contributed by atoms with van der Waals surface area (Å²) < 4.78 is 19.5. The number of urea groups is 1. The van der Waals surface area contributed by atoms with E-state index in [1.54, 1.807) is 43.9 Å². The zero-order valence-corrected chi connectivity index (χ0v) is 22.6. The summed E-state index contributed by atoms with van der Waals surface area (Å²) >= 11 is 0. The van der Waals surface area contributed by atoms with Crippen LogP contribution in [0.5, 0.6) is 0 Å². The van der Waals surface area contributed by atoms with Gasteiger partial charge >= 0.3 is 11.8 Å². The molecule has 3 aromatic rings. The van der Waals surface area contributed by atoms with E-state index in [1.165, 1.54) is 30.1 Å². The molecule has 0 aliphatic carbocycles. The second kappa shape index (κ2) is 9.92. The number of aromatic nitrogens is 1. The first-order chi connectivity index (χ1) is 18.9. The average molecular weight is 552 g/mol. The average Bonchev–Trinajstić information content (AvgIpc) is 3.38. The van der Waals surface area contributed by atoms with Gasteiger partial charge in [-0.25, -0.2) is 14.0 Å². The van der Waals surface area contributed by atoms with E-state index in [0.717, 1.165) is 4.90 Å². The minimum atomic E-state index is -1.23. The second-order valence-electron chi connectivity index (χ2n) is 10.7. The van der Waals surface area contributed by atoms with Crippen LogP contribution < -0.4 is 16.0 Å². The Morgan fingerprint density at radius 3 is 2.45 bits per heavy atom. The molecule has 11 nitrogen and oxygen atoms in total. The molecule has 1 aromatic heterocycles. The van der Waals surface area contributed by atoms with Crippen molar-refractivity contribution in [1.82, 2.24) is 20.1 Å². The van der Waals surface area contributed by atoms with Crippen molar-refractivity contribution in [2.75, 3.05) is 25.0 Å². The van der Waals surface area contributed by atoms with Gasteiger partial charge in [0.05, 0.1) is 16.8 Å². The van der Waals surface area contributed by atoms with Crippen LogP contribution in [0.25, 0.3) is 11.1 Å². The molecule has 2 aromatic carbocycles. The van der Waals surface area contributed by atoms with Crippen molar-refractivity contribution < 1.29 is 28.0 Å². The molecule has 2 fully saturated rings. The van der Waals surface area contributed by atoms with Gasteiger partial charge in [-0.3, -0.25) is 29.2 Å². The van der Waals surface area contributed by atoms with Crippen LogP contribution in [0.15, 0.2) is 45.6 Å². The van der Waals surface area contributed by atoms with Crippen molar-refractivity contribution in [3.63, 3.8) is 0 Å². The van der Waals surface area contributed by atoms with E-state index in [1.807, 2.05) is 0 Å². The van der Waals surface area contributed by atoms with E-state index in [0.29, 0.717) is 16.8 Å². The Bertz CT molecular complexity index is 1590. The standard InChI is InChI=1S/C28H30FN5O6/c1-15(2)22(31-23(35)18-13-16(3)5-7-19(18)29)24(36)33-11-9-28(10-12-33)25(37)32(4)27(39)34(28)17-6-8-20-21(14-17)40-26(38)30-20/h5-8,13-15,22H,9-12H2,1-4H3,(H,30,38)(H,31,35)/t22-/m1/s1. The van der Waals surface area contributed by atoms with Gasteiger partial charge in [-0.15, -0.1) is 0 Å². The lowest BCUT2D eigenvalue weighted by Gasteiger charge is -2.43. The smallest absolute Gasteiger partial charge is 0.408 e. The molecule has 40 heavy (non-hydrogen) atoms. The number of aromatic amines is 1. The van der Waals surface area contributed by atoms with Gasteiger partial charge in [0.2, 0.25) is 5.91 Å². The molecule has 5 amide bonds. The Hall–Kier alpha value is -4.48. The first kappa shape index (κ1) is 27.1. The first-order valence-electron chi connectivity index (χ1n) is 13.0. The Morgan fingerprint density at radius 2 is 1.77 bits per heavy atom. The Kier molecular flexibility index (Phi) is 6.72. The molecule has 0 unspecified atom stereocenters. The zero-order valence-electron chi connectivity index (χ0n) is 22.6. The lowest BCUT2D eigenvalue weighted by atomic mass is 9.85. The molecular weight excluding hydrogens is 521 g/mol. The molecular formula is C28H30FN5O6.